The second-order valence-electron chi connectivity index (χ2n) is 4.16. The van der Waals surface area contributed by atoms with Gasteiger partial charge in [0.05, 0.1) is 0 Å². The number of halogens is 1. The van der Waals surface area contributed by atoms with Crippen LogP contribution >= 0.6 is 15.9 Å². The molecule has 21 heavy (non-hydrogen) atoms. The van der Waals surface area contributed by atoms with E-state index in [-0.39, 0.29) is 5.84 Å². The molecular weight excluding hydrogens is 336 g/mol. The molecule has 0 aliphatic heterocycles. The van der Waals surface area contributed by atoms with Gasteiger partial charge >= 0.3 is 0 Å². The third-order valence-corrected chi connectivity index (χ3v) is 3.17. The van der Waals surface area contributed by atoms with Crippen molar-refractivity contribution in [1.82, 2.24) is 0 Å². The molecule has 0 atom stereocenters. The van der Waals surface area contributed by atoms with E-state index in [0.717, 1.165) is 10.2 Å². The van der Waals surface area contributed by atoms with Crippen LogP contribution in [0.4, 0.5) is 0 Å². The van der Waals surface area contributed by atoms with Crippen molar-refractivity contribution in [2.45, 2.75) is 0 Å². The molecule has 0 heterocycles. The predicted octanol–water partition coefficient (Wildman–Crippen LogP) is 3.00. The van der Waals surface area contributed by atoms with Crippen LogP contribution in [0, 0.1) is 0 Å². The average molecular weight is 351 g/mol. The van der Waals surface area contributed by atoms with Crippen LogP contribution in [0.5, 0.6) is 11.5 Å². The first kappa shape index (κ1) is 15.2. The number of ether oxygens (including phenoxy) is 2. The van der Waals surface area contributed by atoms with Gasteiger partial charge in [0.2, 0.25) is 0 Å². The van der Waals surface area contributed by atoms with Crippen LogP contribution in [-0.2, 0) is 0 Å². The minimum absolute atomic E-state index is 0.0690. The second-order valence-corrected chi connectivity index (χ2v) is 5.08. The quantitative estimate of drug-likeness (QED) is 0.276. The number of nitrogens with two attached hydrogens (primary N) is 1. The first-order valence-electron chi connectivity index (χ1n) is 6.28. The summed E-state index contributed by atoms with van der Waals surface area (Å²) in [6.07, 6.45) is 0. The Hall–Kier alpha value is -2.21. The van der Waals surface area contributed by atoms with Crippen molar-refractivity contribution in [3.05, 3.63) is 58.6 Å². The fraction of sp³-hybridized carbons (Fsp3) is 0.133. The highest BCUT2D eigenvalue weighted by Gasteiger charge is 2.00. The maximum Gasteiger partial charge on any atom is 0.170 e. The average Bonchev–Trinajstić information content (AvgIpc) is 2.51. The molecule has 0 radical (unpaired) electrons. The van der Waals surface area contributed by atoms with E-state index in [4.69, 9.17) is 20.4 Å². The van der Waals surface area contributed by atoms with Crippen LogP contribution < -0.4 is 15.2 Å². The fourth-order valence-electron chi connectivity index (χ4n) is 1.66. The van der Waals surface area contributed by atoms with Gasteiger partial charge in [0.25, 0.3) is 0 Å². The number of hydrogen-bond donors (Lipinski definition) is 2. The Morgan fingerprint density at radius 2 is 1.71 bits per heavy atom. The first-order chi connectivity index (χ1) is 10.2. The van der Waals surface area contributed by atoms with Crippen molar-refractivity contribution >= 4 is 21.8 Å². The molecule has 0 saturated heterocycles. The number of nitrogens with zero attached hydrogens (tertiary/aromatic N) is 1. The molecule has 0 fully saturated rings. The lowest BCUT2D eigenvalue weighted by Gasteiger charge is -2.09. The van der Waals surface area contributed by atoms with Gasteiger partial charge in [-0.25, -0.2) is 0 Å². The Kier molecular flexibility index (Phi) is 5.45. The van der Waals surface area contributed by atoms with Gasteiger partial charge in [-0.3, -0.25) is 0 Å². The molecule has 0 aliphatic rings. The highest BCUT2D eigenvalue weighted by atomic mass is 79.9. The lowest BCUT2D eigenvalue weighted by Crippen LogP contribution is -2.13. The standard InChI is InChI=1S/C15H15BrN2O3/c16-12-2-1-3-14(10-12)21-9-8-20-13-6-4-11(5-7-13)15(17)18-19/h1-7,10,19H,8-9H2,(H2,17,18). The summed E-state index contributed by atoms with van der Waals surface area (Å²) in [6, 6.07) is 14.6. The number of oxime groups is 1. The Morgan fingerprint density at radius 1 is 1.05 bits per heavy atom. The van der Waals surface area contributed by atoms with Gasteiger partial charge < -0.3 is 20.4 Å². The molecule has 0 unspecified atom stereocenters. The van der Waals surface area contributed by atoms with Crippen LogP contribution in [0.1, 0.15) is 5.56 Å². The van der Waals surface area contributed by atoms with E-state index in [1.54, 1.807) is 24.3 Å². The molecule has 2 rings (SSSR count). The molecule has 6 heteroatoms. The third-order valence-electron chi connectivity index (χ3n) is 2.67. The van der Waals surface area contributed by atoms with E-state index in [0.29, 0.717) is 24.5 Å². The van der Waals surface area contributed by atoms with E-state index < -0.39 is 0 Å². The Morgan fingerprint density at radius 3 is 2.33 bits per heavy atom. The molecule has 0 spiro atoms. The van der Waals surface area contributed by atoms with E-state index >= 15 is 0 Å². The zero-order valence-corrected chi connectivity index (χ0v) is 12.8. The van der Waals surface area contributed by atoms with E-state index in [2.05, 4.69) is 21.1 Å². The SMILES string of the molecule is NC(=NO)c1ccc(OCCOc2cccc(Br)c2)cc1. The Labute approximate surface area is 131 Å². The Balaban J connectivity index is 1.78. The molecule has 0 bridgehead atoms. The van der Waals surface area contributed by atoms with Gasteiger partial charge in [0.1, 0.15) is 24.7 Å². The van der Waals surface area contributed by atoms with Crippen LogP contribution in [0.25, 0.3) is 0 Å². The molecule has 110 valence electrons. The molecule has 5 nitrogen and oxygen atoms in total. The van der Waals surface area contributed by atoms with E-state index in [1.807, 2.05) is 24.3 Å². The molecule has 0 amide bonds. The molecule has 2 aromatic carbocycles. The summed E-state index contributed by atoms with van der Waals surface area (Å²) >= 11 is 3.38. The fourth-order valence-corrected chi connectivity index (χ4v) is 2.03. The molecule has 3 N–H and O–H groups in total. The van der Waals surface area contributed by atoms with Gasteiger partial charge in [-0.1, -0.05) is 27.2 Å². The molecule has 0 saturated carbocycles. The maximum atomic E-state index is 8.57. The number of benzene rings is 2. The van der Waals surface area contributed by atoms with Crippen LogP contribution in [-0.4, -0.2) is 24.3 Å². The number of hydrogen-bond acceptors (Lipinski definition) is 4. The van der Waals surface area contributed by atoms with Gasteiger partial charge in [0.15, 0.2) is 5.84 Å². The van der Waals surface area contributed by atoms with Crippen molar-refractivity contribution in [2.24, 2.45) is 10.9 Å². The normalized spacial score (nSPS) is 11.2. The van der Waals surface area contributed by atoms with Gasteiger partial charge in [-0.05, 0) is 42.5 Å². The smallest absolute Gasteiger partial charge is 0.170 e. The van der Waals surface area contributed by atoms with Crippen LogP contribution in [0.15, 0.2) is 58.2 Å². The second kappa shape index (κ2) is 7.54. The molecule has 0 aromatic heterocycles. The molecule has 0 aliphatic carbocycles. The minimum atomic E-state index is 0.0690. The maximum absolute atomic E-state index is 8.57. The van der Waals surface area contributed by atoms with E-state index in [1.165, 1.54) is 0 Å². The van der Waals surface area contributed by atoms with Crippen LogP contribution in [0.3, 0.4) is 0 Å². The van der Waals surface area contributed by atoms with Gasteiger partial charge in [-0.2, -0.15) is 0 Å². The largest absolute Gasteiger partial charge is 0.490 e. The number of amidine groups is 1. The minimum Gasteiger partial charge on any atom is -0.490 e. The summed E-state index contributed by atoms with van der Waals surface area (Å²) in [7, 11) is 0. The summed E-state index contributed by atoms with van der Waals surface area (Å²) < 4.78 is 12.1. The summed E-state index contributed by atoms with van der Waals surface area (Å²) in [5.41, 5.74) is 6.11. The highest BCUT2D eigenvalue weighted by Crippen LogP contribution is 2.17. The van der Waals surface area contributed by atoms with Crippen molar-refractivity contribution in [3.8, 4) is 11.5 Å². The Bertz CT molecular complexity index is 615. The lowest BCUT2D eigenvalue weighted by molar-refractivity contribution is 0.217. The highest BCUT2D eigenvalue weighted by molar-refractivity contribution is 9.10. The van der Waals surface area contributed by atoms with Gasteiger partial charge in [0, 0.05) is 10.0 Å². The zero-order chi connectivity index (χ0) is 15.1. The number of rotatable bonds is 6. The van der Waals surface area contributed by atoms with E-state index in [9.17, 15) is 0 Å². The van der Waals surface area contributed by atoms with Gasteiger partial charge in [-0.15, -0.1) is 0 Å². The molecule has 2 aromatic rings. The monoisotopic (exact) mass is 350 g/mol. The van der Waals surface area contributed by atoms with Crippen molar-refractivity contribution < 1.29 is 14.7 Å². The summed E-state index contributed by atoms with van der Waals surface area (Å²) in [6.45, 7) is 0.869. The lowest BCUT2D eigenvalue weighted by atomic mass is 10.2. The van der Waals surface area contributed by atoms with Crippen LogP contribution in [0.2, 0.25) is 0 Å². The predicted molar refractivity (Wildman–Crippen MR) is 84.1 cm³/mol. The summed E-state index contributed by atoms with van der Waals surface area (Å²) in [4.78, 5) is 0. The van der Waals surface area contributed by atoms with Crippen molar-refractivity contribution in [1.29, 1.82) is 0 Å². The molecular formula is C15H15BrN2O3. The van der Waals surface area contributed by atoms with Crippen molar-refractivity contribution in [2.75, 3.05) is 13.2 Å². The topological polar surface area (TPSA) is 77.1 Å². The zero-order valence-electron chi connectivity index (χ0n) is 11.2. The first-order valence-corrected chi connectivity index (χ1v) is 7.07. The summed E-state index contributed by atoms with van der Waals surface area (Å²) in [5.74, 6) is 1.55. The third kappa shape index (κ3) is 4.68. The van der Waals surface area contributed by atoms with Crippen molar-refractivity contribution in [3.63, 3.8) is 0 Å². The summed E-state index contributed by atoms with van der Waals surface area (Å²) in [5, 5.41) is 11.5.